The molecule has 0 spiro atoms. The van der Waals surface area contributed by atoms with Gasteiger partial charge in [-0.15, -0.1) is 0 Å². The van der Waals surface area contributed by atoms with E-state index in [-0.39, 0.29) is 0 Å². The molecular weight excluding hydrogens is 196 g/mol. The zero-order chi connectivity index (χ0) is 11.5. The van der Waals surface area contributed by atoms with Gasteiger partial charge in [-0.05, 0) is 42.5 Å². The Morgan fingerprint density at radius 2 is 2.19 bits per heavy atom. The van der Waals surface area contributed by atoms with Crippen LogP contribution in [0.15, 0.2) is 18.2 Å². The Morgan fingerprint density at radius 1 is 1.38 bits per heavy atom. The van der Waals surface area contributed by atoms with Gasteiger partial charge in [0.1, 0.15) is 0 Å². The minimum Gasteiger partial charge on any atom is -0.371 e. The third-order valence-electron chi connectivity index (χ3n) is 3.15. The number of hydrogen-bond donors (Lipinski definition) is 1. The van der Waals surface area contributed by atoms with Crippen molar-refractivity contribution in [3.63, 3.8) is 0 Å². The molecule has 2 nitrogen and oxygen atoms in total. The van der Waals surface area contributed by atoms with Crippen molar-refractivity contribution in [1.29, 1.82) is 0 Å². The van der Waals surface area contributed by atoms with Gasteiger partial charge in [-0.2, -0.15) is 0 Å². The van der Waals surface area contributed by atoms with Crippen molar-refractivity contribution in [3.05, 3.63) is 29.3 Å². The van der Waals surface area contributed by atoms with E-state index >= 15 is 0 Å². The van der Waals surface area contributed by atoms with Crippen LogP contribution < -0.4 is 10.6 Å². The third kappa shape index (κ3) is 2.38. The number of nitrogens with zero attached hydrogens (tertiary/aromatic N) is 1. The maximum atomic E-state index is 5.59. The second kappa shape index (κ2) is 4.88. The summed E-state index contributed by atoms with van der Waals surface area (Å²) in [5.74, 6) is 0.731. The van der Waals surface area contributed by atoms with Gasteiger partial charge in [0.25, 0.3) is 0 Å². The summed E-state index contributed by atoms with van der Waals surface area (Å²) in [4.78, 5) is 2.51. The summed E-state index contributed by atoms with van der Waals surface area (Å²) in [5.41, 5.74) is 9.92. The topological polar surface area (TPSA) is 29.3 Å². The van der Waals surface area contributed by atoms with Crippen LogP contribution in [0.5, 0.6) is 0 Å². The molecule has 0 radical (unpaired) electrons. The quantitative estimate of drug-likeness (QED) is 0.839. The largest absolute Gasteiger partial charge is 0.371 e. The Kier molecular flexibility index (Phi) is 3.49. The van der Waals surface area contributed by atoms with Crippen molar-refractivity contribution in [2.45, 2.75) is 26.7 Å². The van der Waals surface area contributed by atoms with Crippen LogP contribution in [-0.4, -0.2) is 19.6 Å². The Morgan fingerprint density at radius 3 is 2.88 bits per heavy atom. The molecule has 0 saturated carbocycles. The predicted molar refractivity (Wildman–Crippen MR) is 70.0 cm³/mol. The number of anilines is 1. The summed E-state index contributed by atoms with van der Waals surface area (Å²) in [7, 11) is 0. The molecule has 1 aliphatic heterocycles. The molecule has 88 valence electrons. The van der Waals surface area contributed by atoms with Gasteiger partial charge in [0, 0.05) is 18.8 Å². The highest BCUT2D eigenvalue weighted by Crippen LogP contribution is 2.29. The van der Waals surface area contributed by atoms with Crippen LogP contribution in [0.4, 0.5) is 5.69 Å². The molecule has 16 heavy (non-hydrogen) atoms. The van der Waals surface area contributed by atoms with Crippen LogP contribution >= 0.6 is 0 Å². The van der Waals surface area contributed by atoms with Crippen molar-refractivity contribution < 1.29 is 0 Å². The van der Waals surface area contributed by atoms with Gasteiger partial charge in [-0.1, -0.05) is 26.0 Å². The normalized spacial score (nSPS) is 14.6. The van der Waals surface area contributed by atoms with E-state index < -0.39 is 0 Å². The Balaban J connectivity index is 2.15. The molecule has 1 heterocycles. The standard InChI is InChI=1S/C14H22N2/c1-11(2)10-16-8-6-13-9-12(5-7-15)3-4-14(13)16/h3-4,9,11H,5-8,10,15H2,1-2H3. The van der Waals surface area contributed by atoms with Gasteiger partial charge in [0.15, 0.2) is 0 Å². The minimum absolute atomic E-state index is 0.731. The van der Waals surface area contributed by atoms with Crippen molar-refractivity contribution >= 4 is 5.69 Å². The first kappa shape index (κ1) is 11.5. The van der Waals surface area contributed by atoms with E-state index in [1.165, 1.54) is 36.3 Å². The number of hydrogen-bond acceptors (Lipinski definition) is 2. The van der Waals surface area contributed by atoms with Gasteiger partial charge in [0.2, 0.25) is 0 Å². The monoisotopic (exact) mass is 218 g/mol. The SMILES string of the molecule is CC(C)CN1CCc2cc(CCN)ccc21. The van der Waals surface area contributed by atoms with E-state index in [1.807, 2.05) is 0 Å². The fourth-order valence-corrected chi connectivity index (χ4v) is 2.48. The molecule has 0 atom stereocenters. The fraction of sp³-hybridized carbons (Fsp3) is 0.571. The highest BCUT2D eigenvalue weighted by atomic mass is 15.1. The van der Waals surface area contributed by atoms with E-state index in [9.17, 15) is 0 Å². The van der Waals surface area contributed by atoms with Crippen LogP contribution in [0.25, 0.3) is 0 Å². The van der Waals surface area contributed by atoms with Crippen molar-refractivity contribution in [1.82, 2.24) is 0 Å². The smallest absolute Gasteiger partial charge is 0.0399 e. The maximum Gasteiger partial charge on any atom is 0.0399 e. The molecule has 0 aliphatic carbocycles. The lowest BCUT2D eigenvalue weighted by Gasteiger charge is -2.21. The Labute approximate surface area is 98.4 Å². The molecule has 2 heteroatoms. The predicted octanol–water partition coefficient (Wildman–Crippen LogP) is 2.21. The van der Waals surface area contributed by atoms with E-state index in [2.05, 4.69) is 36.9 Å². The van der Waals surface area contributed by atoms with E-state index in [4.69, 9.17) is 5.73 Å². The van der Waals surface area contributed by atoms with E-state index in [1.54, 1.807) is 0 Å². The molecule has 0 fully saturated rings. The van der Waals surface area contributed by atoms with Crippen LogP contribution in [0.2, 0.25) is 0 Å². The summed E-state index contributed by atoms with van der Waals surface area (Å²) in [5, 5.41) is 0. The summed E-state index contributed by atoms with van der Waals surface area (Å²) in [6.45, 7) is 7.65. The van der Waals surface area contributed by atoms with Gasteiger partial charge >= 0.3 is 0 Å². The maximum absolute atomic E-state index is 5.59. The average Bonchev–Trinajstić information content (AvgIpc) is 2.61. The van der Waals surface area contributed by atoms with Crippen LogP contribution in [0.3, 0.4) is 0 Å². The molecule has 1 aromatic rings. The first-order chi connectivity index (χ1) is 7.70. The molecular formula is C14H22N2. The van der Waals surface area contributed by atoms with E-state index in [0.29, 0.717) is 0 Å². The van der Waals surface area contributed by atoms with Gasteiger partial charge in [0.05, 0.1) is 0 Å². The van der Waals surface area contributed by atoms with Crippen LogP contribution in [-0.2, 0) is 12.8 Å². The second-order valence-electron chi connectivity index (χ2n) is 5.09. The van der Waals surface area contributed by atoms with Crippen molar-refractivity contribution in [2.75, 3.05) is 24.5 Å². The first-order valence-electron chi connectivity index (χ1n) is 6.27. The van der Waals surface area contributed by atoms with Crippen LogP contribution in [0, 0.1) is 5.92 Å². The summed E-state index contributed by atoms with van der Waals surface area (Å²) in [6.07, 6.45) is 2.19. The van der Waals surface area contributed by atoms with Crippen molar-refractivity contribution in [2.24, 2.45) is 11.7 Å². The summed E-state index contributed by atoms with van der Waals surface area (Å²) in [6, 6.07) is 6.84. The summed E-state index contributed by atoms with van der Waals surface area (Å²) >= 11 is 0. The molecule has 0 bridgehead atoms. The van der Waals surface area contributed by atoms with Gasteiger partial charge in [-0.25, -0.2) is 0 Å². The molecule has 0 unspecified atom stereocenters. The molecule has 1 aliphatic rings. The fourth-order valence-electron chi connectivity index (χ4n) is 2.48. The van der Waals surface area contributed by atoms with Crippen LogP contribution in [0.1, 0.15) is 25.0 Å². The molecule has 0 amide bonds. The van der Waals surface area contributed by atoms with Gasteiger partial charge in [-0.3, -0.25) is 0 Å². The molecule has 0 saturated heterocycles. The van der Waals surface area contributed by atoms with Gasteiger partial charge < -0.3 is 10.6 Å². The lowest BCUT2D eigenvalue weighted by Crippen LogP contribution is -2.25. The summed E-state index contributed by atoms with van der Waals surface area (Å²) < 4.78 is 0. The molecule has 1 aromatic carbocycles. The minimum atomic E-state index is 0.731. The molecule has 0 aromatic heterocycles. The Hall–Kier alpha value is -1.02. The van der Waals surface area contributed by atoms with Crippen molar-refractivity contribution in [3.8, 4) is 0 Å². The first-order valence-corrected chi connectivity index (χ1v) is 6.27. The number of rotatable bonds is 4. The average molecular weight is 218 g/mol. The number of nitrogens with two attached hydrogens (primary N) is 1. The third-order valence-corrected chi connectivity index (χ3v) is 3.15. The number of benzene rings is 1. The Bertz CT molecular complexity index is 358. The second-order valence-corrected chi connectivity index (χ2v) is 5.09. The zero-order valence-corrected chi connectivity index (χ0v) is 10.4. The highest BCUT2D eigenvalue weighted by Gasteiger charge is 2.19. The zero-order valence-electron chi connectivity index (χ0n) is 10.4. The molecule has 2 N–H and O–H groups in total. The van der Waals surface area contributed by atoms with E-state index in [0.717, 1.165) is 18.9 Å². The number of fused-ring (bicyclic) bond motifs is 1. The lowest BCUT2D eigenvalue weighted by molar-refractivity contribution is 0.622. The molecule has 2 rings (SSSR count). The highest BCUT2D eigenvalue weighted by molar-refractivity contribution is 5.59. The lowest BCUT2D eigenvalue weighted by atomic mass is 10.1.